The van der Waals surface area contributed by atoms with Crippen molar-refractivity contribution in [3.05, 3.63) is 29.6 Å². The van der Waals surface area contributed by atoms with Crippen molar-refractivity contribution < 1.29 is 8.91 Å². The fourth-order valence-corrected chi connectivity index (χ4v) is 3.35. The molecule has 136 valence electrons. The lowest BCUT2D eigenvalue weighted by Gasteiger charge is -2.26. The monoisotopic (exact) mass is 348 g/mol. The molecule has 1 fully saturated rings. The van der Waals surface area contributed by atoms with Gasteiger partial charge in [0.2, 0.25) is 5.89 Å². The molecule has 0 aliphatic carbocycles. The molecule has 3 heterocycles. The molecule has 0 saturated carbocycles. The predicted molar refractivity (Wildman–Crippen MR) is 91.7 cm³/mol. The van der Waals surface area contributed by atoms with E-state index in [1.165, 1.54) is 6.33 Å². The Hall–Kier alpha value is -2.09. The molecule has 0 radical (unpaired) electrons. The highest BCUT2D eigenvalue weighted by molar-refractivity contribution is 5.41. The Morgan fingerprint density at radius 3 is 2.88 bits per heavy atom. The molecule has 0 N–H and O–H groups in total. The molecule has 0 bridgehead atoms. The van der Waals surface area contributed by atoms with E-state index >= 15 is 0 Å². The minimum atomic E-state index is -0.279. The highest BCUT2D eigenvalue weighted by Gasteiger charge is 2.24. The zero-order valence-corrected chi connectivity index (χ0v) is 15.1. The van der Waals surface area contributed by atoms with Gasteiger partial charge in [0.15, 0.2) is 17.5 Å². The van der Waals surface area contributed by atoms with Crippen molar-refractivity contribution in [2.45, 2.75) is 52.1 Å². The van der Waals surface area contributed by atoms with Crippen molar-refractivity contribution >= 4 is 5.82 Å². The van der Waals surface area contributed by atoms with Crippen molar-refractivity contribution in [2.24, 2.45) is 0 Å². The van der Waals surface area contributed by atoms with Crippen molar-refractivity contribution in [3.63, 3.8) is 0 Å². The molecule has 3 rings (SSSR count). The SMILES string of the molecule is CCc1ncnc(N2CCC[C@@H](N(C)Cc3noc(C)n3)CC2)c1F. The van der Waals surface area contributed by atoms with Crippen LogP contribution in [0.1, 0.15) is 43.6 Å². The zero-order valence-electron chi connectivity index (χ0n) is 15.1. The summed E-state index contributed by atoms with van der Waals surface area (Å²) in [5, 5.41) is 3.96. The van der Waals surface area contributed by atoms with Gasteiger partial charge in [0.05, 0.1) is 12.2 Å². The van der Waals surface area contributed by atoms with Crippen LogP contribution in [0.15, 0.2) is 10.9 Å². The molecule has 0 aromatic carbocycles. The summed E-state index contributed by atoms with van der Waals surface area (Å²) in [6.45, 7) is 5.94. The Labute approximate surface area is 147 Å². The van der Waals surface area contributed by atoms with Crippen LogP contribution in [0.3, 0.4) is 0 Å². The summed E-state index contributed by atoms with van der Waals surface area (Å²) in [6, 6.07) is 0.402. The molecular formula is C17H25FN6O. The van der Waals surface area contributed by atoms with E-state index in [-0.39, 0.29) is 5.82 Å². The second-order valence-electron chi connectivity index (χ2n) is 6.53. The zero-order chi connectivity index (χ0) is 17.8. The summed E-state index contributed by atoms with van der Waals surface area (Å²) in [5.41, 5.74) is 0.482. The summed E-state index contributed by atoms with van der Waals surface area (Å²) >= 11 is 0. The molecule has 2 aromatic rings. The van der Waals surface area contributed by atoms with Crippen LogP contribution >= 0.6 is 0 Å². The van der Waals surface area contributed by atoms with Gasteiger partial charge in [-0.25, -0.2) is 14.4 Å². The van der Waals surface area contributed by atoms with Crippen LogP contribution in [0.2, 0.25) is 0 Å². The van der Waals surface area contributed by atoms with Gasteiger partial charge in [0.25, 0.3) is 0 Å². The number of anilines is 1. The first-order chi connectivity index (χ1) is 12.1. The van der Waals surface area contributed by atoms with Gasteiger partial charge in [-0.2, -0.15) is 4.98 Å². The van der Waals surface area contributed by atoms with Gasteiger partial charge in [-0.1, -0.05) is 12.1 Å². The molecule has 8 heteroatoms. The molecule has 1 atom stereocenters. The fourth-order valence-electron chi connectivity index (χ4n) is 3.35. The van der Waals surface area contributed by atoms with Crippen LogP contribution in [0.5, 0.6) is 0 Å². The van der Waals surface area contributed by atoms with Gasteiger partial charge >= 0.3 is 0 Å². The van der Waals surface area contributed by atoms with E-state index in [0.29, 0.717) is 42.2 Å². The third kappa shape index (κ3) is 4.12. The minimum absolute atomic E-state index is 0.279. The van der Waals surface area contributed by atoms with E-state index in [2.05, 4.69) is 32.1 Å². The first-order valence-corrected chi connectivity index (χ1v) is 8.82. The number of hydrogen-bond donors (Lipinski definition) is 0. The molecule has 0 unspecified atom stereocenters. The van der Waals surface area contributed by atoms with Gasteiger partial charge in [0.1, 0.15) is 6.33 Å². The van der Waals surface area contributed by atoms with E-state index in [1.54, 1.807) is 6.92 Å². The lowest BCUT2D eigenvalue weighted by molar-refractivity contribution is 0.209. The lowest BCUT2D eigenvalue weighted by atomic mass is 10.1. The Morgan fingerprint density at radius 1 is 1.32 bits per heavy atom. The average Bonchev–Trinajstić information content (AvgIpc) is 2.86. The molecule has 25 heavy (non-hydrogen) atoms. The molecule has 0 spiro atoms. The molecule has 7 nitrogen and oxygen atoms in total. The third-order valence-corrected chi connectivity index (χ3v) is 4.76. The van der Waals surface area contributed by atoms with Crippen LogP contribution in [0.4, 0.5) is 10.2 Å². The normalized spacial score (nSPS) is 18.6. The largest absolute Gasteiger partial charge is 0.354 e. The summed E-state index contributed by atoms with van der Waals surface area (Å²) in [7, 11) is 2.08. The number of nitrogens with zero attached hydrogens (tertiary/aromatic N) is 6. The van der Waals surface area contributed by atoms with Crippen LogP contribution in [-0.2, 0) is 13.0 Å². The van der Waals surface area contributed by atoms with Crippen molar-refractivity contribution in [3.8, 4) is 0 Å². The van der Waals surface area contributed by atoms with E-state index in [9.17, 15) is 4.39 Å². The van der Waals surface area contributed by atoms with Crippen molar-refractivity contribution in [1.29, 1.82) is 0 Å². The van der Waals surface area contributed by atoms with Crippen LogP contribution in [0, 0.1) is 12.7 Å². The standard InChI is InChI=1S/C17H25FN6O/c1-4-14-16(18)17(20-11-19-14)24-8-5-6-13(7-9-24)23(3)10-15-21-12(2)25-22-15/h11,13H,4-10H2,1-3H3/t13-/m1/s1. The smallest absolute Gasteiger partial charge is 0.223 e. The average molecular weight is 348 g/mol. The van der Waals surface area contributed by atoms with Gasteiger partial charge in [-0.3, -0.25) is 4.90 Å². The minimum Gasteiger partial charge on any atom is -0.354 e. The van der Waals surface area contributed by atoms with Crippen LogP contribution in [0.25, 0.3) is 0 Å². The number of rotatable bonds is 5. The molecule has 0 amide bonds. The maximum absolute atomic E-state index is 14.5. The van der Waals surface area contributed by atoms with Gasteiger partial charge in [-0.15, -0.1) is 0 Å². The first-order valence-electron chi connectivity index (χ1n) is 8.82. The second kappa shape index (κ2) is 7.86. The highest BCUT2D eigenvalue weighted by Crippen LogP contribution is 2.24. The summed E-state index contributed by atoms with van der Waals surface area (Å²) < 4.78 is 19.6. The predicted octanol–water partition coefficient (Wildman–Crippen LogP) is 2.36. The first kappa shape index (κ1) is 17.7. The van der Waals surface area contributed by atoms with Crippen LogP contribution < -0.4 is 4.90 Å². The van der Waals surface area contributed by atoms with E-state index in [4.69, 9.17) is 4.52 Å². The van der Waals surface area contributed by atoms with Crippen molar-refractivity contribution in [2.75, 3.05) is 25.0 Å². The molecule has 1 saturated heterocycles. The quantitative estimate of drug-likeness (QED) is 0.821. The molecular weight excluding hydrogens is 323 g/mol. The summed E-state index contributed by atoms with van der Waals surface area (Å²) in [4.78, 5) is 16.8. The topological polar surface area (TPSA) is 71.2 Å². The third-order valence-electron chi connectivity index (χ3n) is 4.76. The van der Waals surface area contributed by atoms with Gasteiger partial charge in [-0.05, 0) is 32.7 Å². The Bertz CT molecular complexity index is 706. The number of aromatic nitrogens is 4. The van der Waals surface area contributed by atoms with Gasteiger partial charge in [0, 0.05) is 26.1 Å². The second-order valence-corrected chi connectivity index (χ2v) is 6.53. The lowest BCUT2D eigenvalue weighted by Crippen LogP contribution is -2.33. The van der Waals surface area contributed by atoms with Crippen molar-refractivity contribution in [1.82, 2.24) is 25.0 Å². The molecule has 1 aliphatic heterocycles. The van der Waals surface area contributed by atoms with E-state index in [0.717, 1.165) is 32.4 Å². The maximum Gasteiger partial charge on any atom is 0.223 e. The Morgan fingerprint density at radius 2 is 2.16 bits per heavy atom. The summed E-state index contributed by atoms with van der Waals surface area (Å²) in [5.74, 6) is 1.44. The van der Waals surface area contributed by atoms with E-state index in [1.807, 2.05) is 11.8 Å². The number of halogens is 1. The van der Waals surface area contributed by atoms with Crippen LogP contribution in [-0.4, -0.2) is 51.2 Å². The maximum atomic E-state index is 14.5. The van der Waals surface area contributed by atoms with E-state index < -0.39 is 0 Å². The number of hydrogen-bond acceptors (Lipinski definition) is 7. The Kier molecular flexibility index (Phi) is 5.57. The molecule has 1 aliphatic rings. The fraction of sp³-hybridized carbons (Fsp3) is 0.647. The van der Waals surface area contributed by atoms with Gasteiger partial charge < -0.3 is 9.42 Å². The Balaban J connectivity index is 1.64. The molecule has 2 aromatic heterocycles. The number of aryl methyl sites for hydroxylation is 2. The summed E-state index contributed by atoms with van der Waals surface area (Å²) in [6.07, 6.45) is 5.02. The highest BCUT2D eigenvalue weighted by atomic mass is 19.1.